The quantitative estimate of drug-likeness (QED) is 0.0839. The van der Waals surface area contributed by atoms with Crippen molar-refractivity contribution in [1.29, 1.82) is 0 Å². The van der Waals surface area contributed by atoms with Crippen molar-refractivity contribution in [2.75, 3.05) is 27.4 Å². The number of ketones is 2. The number of carbonyl (C=O) groups is 2. The van der Waals surface area contributed by atoms with E-state index in [0.717, 1.165) is 24.0 Å². The summed E-state index contributed by atoms with van der Waals surface area (Å²) in [7, 11) is 3.18. The summed E-state index contributed by atoms with van der Waals surface area (Å²) >= 11 is 0. The van der Waals surface area contributed by atoms with Crippen LogP contribution in [0.3, 0.4) is 0 Å². The second kappa shape index (κ2) is 15.6. The summed E-state index contributed by atoms with van der Waals surface area (Å²) in [6, 6.07) is 29.4. The number of unbranched alkanes of at least 4 members (excludes halogenated alkanes) is 1. The molecular formula is C36H34O6. The largest absolute Gasteiger partial charge is 0.493 e. The van der Waals surface area contributed by atoms with E-state index < -0.39 is 0 Å². The Morgan fingerprint density at radius 1 is 0.548 bits per heavy atom. The number of rotatable bonds is 15. The Labute approximate surface area is 246 Å². The molecule has 4 aromatic rings. The van der Waals surface area contributed by atoms with Gasteiger partial charge in [0, 0.05) is 22.3 Å². The number of methoxy groups -OCH3 is 2. The topological polar surface area (TPSA) is 71.1 Å². The molecule has 0 N–H and O–H groups in total. The first kappa shape index (κ1) is 29.9. The van der Waals surface area contributed by atoms with Gasteiger partial charge in [-0.1, -0.05) is 84.9 Å². The van der Waals surface area contributed by atoms with Crippen molar-refractivity contribution in [3.63, 3.8) is 0 Å². The highest BCUT2D eigenvalue weighted by Crippen LogP contribution is 2.33. The highest BCUT2D eigenvalue weighted by atomic mass is 16.5. The van der Waals surface area contributed by atoms with Crippen molar-refractivity contribution in [3.8, 4) is 23.0 Å². The fraction of sp³-hybridized carbons (Fsp3) is 0.167. The van der Waals surface area contributed by atoms with Gasteiger partial charge in [0.25, 0.3) is 0 Å². The molecule has 0 radical (unpaired) electrons. The molecule has 0 amide bonds. The maximum Gasteiger partial charge on any atom is 0.185 e. The predicted octanol–water partition coefficient (Wildman–Crippen LogP) is 7.73. The Balaban J connectivity index is 1.34. The van der Waals surface area contributed by atoms with Crippen LogP contribution in [0.15, 0.2) is 109 Å². The first-order valence-electron chi connectivity index (χ1n) is 13.7. The Hall–Kier alpha value is -5.10. The second-order valence-electron chi connectivity index (χ2n) is 9.29. The number of para-hydroxylation sites is 2. The van der Waals surface area contributed by atoms with Gasteiger partial charge in [-0.3, -0.25) is 9.59 Å². The van der Waals surface area contributed by atoms with Crippen LogP contribution in [0.4, 0.5) is 0 Å². The molecule has 214 valence electrons. The predicted molar refractivity (Wildman–Crippen MR) is 166 cm³/mol. The summed E-state index contributed by atoms with van der Waals surface area (Å²) in [6.07, 6.45) is 8.01. The molecule has 0 aliphatic rings. The van der Waals surface area contributed by atoms with Gasteiger partial charge < -0.3 is 18.9 Å². The lowest BCUT2D eigenvalue weighted by atomic mass is 10.1. The lowest BCUT2D eigenvalue weighted by Gasteiger charge is -2.15. The van der Waals surface area contributed by atoms with E-state index in [1.165, 1.54) is 12.2 Å². The monoisotopic (exact) mass is 562 g/mol. The van der Waals surface area contributed by atoms with Gasteiger partial charge in [-0.05, 0) is 49.3 Å². The third-order valence-corrected chi connectivity index (χ3v) is 6.44. The fourth-order valence-electron chi connectivity index (χ4n) is 4.24. The number of carbonyl (C=O) groups excluding carboxylic acids is 2. The zero-order valence-electron chi connectivity index (χ0n) is 23.8. The molecule has 0 fully saturated rings. The fourth-order valence-corrected chi connectivity index (χ4v) is 4.24. The van der Waals surface area contributed by atoms with Crippen molar-refractivity contribution in [3.05, 3.63) is 131 Å². The van der Waals surface area contributed by atoms with Gasteiger partial charge in [0.2, 0.25) is 0 Å². The molecule has 0 heterocycles. The highest BCUT2D eigenvalue weighted by molar-refractivity contribution is 6.07. The van der Waals surface area contributed by atoms with Crippen LogP contribution in [-0.4, -0.2) is 39.0 Å². The van der Waals surface area contributed by atoms with Crippen LogP contribution in [0.1, 0.15) is 44.7 Å². The van der Waals surface area contributed by atoms with E-state index in [9.17, 15) is 9.59 Å². The normalized spacial score (nSPS) is 11.0. The van der Waals surface area contributed by atoms with Crippen LogP contribution < -0.4 is 18.9 Å². The van der Waals surface area contributed by atoms with Crippen LogP contribution in [-0.2, 0) is 0 Å². The van der Waals surface area contributed by atoms with Crippen molar-refractivity contribution in [2.24, 2.45) is 0 Å². The molecule has 0 spiro atoms. The lowest BCUT2D eigenvalue weighted by molar-refractivity contribution is 0.103. The van der Waals surface area contributed by atoms with Gasteiger partial charge >= 0.3 is 0 Å². The lowest BCUT2D eigenvalue weighted by Crippen LogP contribution is -2.05. The number of benzene rings is 4. The first-order chi connectivity index (χ1) is 20.6. The summed E-state index contributed by atoms with van der Waals surface area (Å²) in [5.41, 5.74) is 2.75. The van der Waals surface area contributed by atoms with Gasteiger partial charge in [-0.15, -0.1) is 0 Å². The number of ether oxygens (including phenoxy) is 4. The summed E-state index contributed by atoms with van der Waals surface area (Å²) < 4.78 is 23.2. The van der Waals surface area contributed by atoms with Gasteiger partial charge in [-0.25, -0.2) is 0 Å². The Kier molecular flexibility index (Phi) is 11.1. The number of hydrogen-bond acceptors (Lipinski definition) is 6. The van der Waals surface area contributed by atoms with Gasteiger partial charge in [0.1, 0.15) is 0 Å². The maximum atomic E-state index is 12.5. The Bertz CT molecular complexity index is 1410. The van der Waals surface area contributed by atoms with Crippen molar-refractivity contribution < 1.29 is 28.5 Å². The molecule has 0 atom stereocenters. The molecule has 0 saturated carbocycles. The van der Waals surface area contributed by atoms with E-state index in [4.69, 9.17) is 18.9 Å². The van der Waals surface area contributed by atoms with Crippen LogP contribution in [0.5, 0.6) is 23.0 Å². The van der Waals surface area contributed by atoms with Crippen LogP contribution >= 0.6 is 0 Å². The van der Waals surface area contributed by atoms with Crippen LogP contribution in [0, 0.1) is 0 Å². The molecule has 4 aromatic carbocycles. The molecule has 0 saturated heterocycles. The molecule has 6 nitrogen and oxygen atoms in total. The molecule has 0 aliphatic carbocycles. The Morgan fingerprint density at radius 3 is 1.33 bits per heavy atom. The third kappa shape index (κ3) is 8.21. The standard InChI is InChI=1S/C36H34O6/c1-39-33-19-11-17-29(21-23-31(37)27-13-5-3-6-14-27)35(33)41-25-9-10-26-42-36-30(18-12-20-34(36)40-2)22-24-32(38)28-15-7-4-8-16-28/h3-8,11-24H,9-10,25-26H2,1-2H3/b23-21+,24-22+. The van der Waals surface area contributed by atoms with E-state index in [1.807, 2.05) is 72.8 Å². The number of hydrogen-bond donors (Lipinski definition) is 0. The van der Waals surface area contributed by atoms with Crippen molar-refractivity contribution in [2.45, 2.75) is 12.8 Å². The third-order valence-electron chi connectivity index (χ3n) is 6.44. The highest BCUT2D eigenvalue weighted by Gasteiger charge is 2.12. The van der Waals surface area contributed by atoms with E-state index in [2.05, 4.69) is 0 Å². The van der Waals surface area contributed by atoms with E-state index >= 15 is 0 Å². The van der Waals surface area contributed by atoms with Crippen LogP contribution in [0.25, 0.3) is 12.2 Å². The van der Waals surface area contributed by atoms with Crippen molar-refractivity contribution >= 4 is 23.7 Å². The smallest absolute Gasteiger partial charge is 0.185 e. The van der Waals surface area contributed by atoms with Gasteiger partial charge in [0.15, 0.2) is 34.6 Å². The second-order valence-corrected chi connectivity index (χ2v) is 9.29. The van der Waals surface area contributed by atoms with Gasteiger partial charge in [0.05, 0.1) is 27.4 Å². The average Bonchev–Trinajstić information content (AvgIpc) is 3.05. The molecule has 0 unspecified atom stereocenters. The Morgan fingerprint density at radius 2 is 0.952 bits per heavy atom. The van der Waals surface area contributed by atoms with Crippen molar-refractivity contribution in [1.82, 2.24) is 0 Å². The molecule has 0 bridgehead atoms. The zero-order chi connectivity index (χ0) is 29.6. The van der Waals surface area contributed by atoms with E-state index in [1.54, 1.807) is 50.6 Å². The molecule has 0 aliphatic heterocycles. The summed E-state index contributed by atoms with van der Waals surface area (Å²) in [6.45, 7) is 0.864. The minimum absolute atomic E-state index is 0.0866. The minimum atomic E-state index is -0.0866. The summed E-state index contributed by atoms with van der Waals surface area (Å²) in [5, 5.41) is 0. The van der Waals surface area contributed by atoms with Gasteiger partial charge in [-0.2, -0.15) is 0 Å². The maximum absolute atomic E-state index is 12.5. The number of allylic oxidation sites excluding steroid dienone is 2. The van der Waals surface area contributed by atoms with E-state index in [0.29, 0.717) is 47.3 Å². The summed E-state index contributed by atoms with van der Waals surface area (Å²) in [5.74, 6) is 2.18. The summed E-state index contributed by atoms with van der Waals surface area (Å²) in [4.78, 5) is 25.1. The molecular weight excluding hydrogens is 528 g/mol. The van der Waals surface area contributed by atoms with E-state index in [-0.39, 0.29) is 11.6 Å². The average molecular weight is 563 g/mol. The SMILES string of the molecule is COc1cccc(/C=C/C(=O)c2ccccc2)c1OCCCCOc1c(/C=C/C(=O)c2ccccc2)cccc1OC. The molecule has 4 rings (SSSR count). The zero-order valence-corrected chi connectivity index (χ0v) is 23.8. The molecule has 42 heavy (non-hydrogen) atoms. The van der Waals surface area contributed by atoms with Crippen LogP contribution in [0.2, 0.25) is 0 Å². The molecule has 6 heteroatoms. The molecule has 0 aromatic heterocycles. The minimum Gasteiger partial charge on any atom is -0.493 e. The first-order valence-corrected chi connectivity index (χ1v) is 13.7.